The predicted octanol–water partition coefficient (Wildman–Crippen LogP) is 6.29. The van der Waals surface area contributed by atoms with Gasteiger partial charge in [-0.25, -0.2) is 0 Å². The van der Waals surface area contributed by atoms with Crippen molar-refractivity contribution in [1.82, 2.24) is 4.57 Å². The molecule has 4 nitrogen and oxygen atoms in total. The Labute approximate surface area is 168 Å². The molecule has 4 aromatic rings. The number of halogens is 1. The van der Waals surface area contributed by atoms with E-state index in [0.29, 0.717) is 10.8 Å². The van der Waals surface area contributed by atoms with Crippen LogP contribution in [0.5, 0.6) is 11.5 Å². The van der Waals surface area contributed by atoms with Crippen LogP contribution < -0.4 is 10.1 Å². The Kier molecular flexibility index (Phi) is 5.04. The lowest BCUT2D eigenvalue weighted by atomic mass is 10.2. The standard InChI is InChI=1S/C23H19ClN2O2/c1-16(26-14-13-17-15-18(24)7-12-22(17)26)23(27)25-19-8-10-21(11-9-19)28-20-5-3-2-4-6-20/h2-16H,1H3,(H,25,27). The molecule has 1 N–H and O–H groups in total. The molecule has 5 heteroatoms. The molecule has 0 spiro atoms. The fraction of sp³-hybridized carbons (Fsp3) is 0.0870. The fourth-order valence-corrected chi connectivity index (χ4v) is 3.26. The number of hydrogen-bond acceptors (Lipinski definition) is 2. The Morgan fingerprint density at radius 2 is 1.68 bits per heavy atom. The van der Waals surface area contributed by atoms with Crippen LogP contribution in [0.4, 0.5) is 5.69 Å². The lowest BCUT2D eigenvalue weighted by Crippen LogP contribution is -2.23. The van der Waals surface area contributed by atoms with Crippen molar-refractivity contribution in [3.63, 3.8) is 0 Å². The Morgan fingerprint density at radius 1 is 0.964 bits per heavy atom. The highest BCUT2D eigenvalue weighted by Gasteiger charge is 2.17. The number of ether oxygens (including phenoxy) is 1. The van der Waals surface area contributed by atoms with Crippen molar-refractivity contribution in [2.75, 3.05) is 5.32 Å². The summed E-state index contributed by atoms with van der Waals surface area (Å²) in [6, 6.07) is 24.1. The second kappa shape index (κ2) is 7.79. The van der Waals surface area contributed by atoms with Crippen LogP contribution in [-0.4, -0.2) is 10.5 Å². The number of amides is 1. The quantitative estimate of drug-likeness (QED) is 0.435. The first kappa shape index (κ1) is 18.1. The van der Waals surface area contributed by atoms with E-state index in [0.717, 1.165) is 22.3 Å². The minimum atomic E-state index is -0.362. The Bertz CT molecular complexity index is 1100. The summed E-state index contributed by atoms with van der Waals surface area (Å²) in [5, 5.41) is 4.65. The summed E-state index contributed by atoms with van der Waals surface area (Å²) in [5.74, 6) is 1.39. The molecule has 1 heterocycles. The third-order valence-corrected chi connectivity index (χ3v) is 4.82. The lowest BCUT2D eigenvalue weighted by molar-refractivity contribution is -0.118. The molecule has 0 saturated carbocycles. The number of carbonyl (C=O) groups is 1. The van der Waals surface area contributed by atoms with Crippen LogP contribution in [0, 0.1) is 0 Å². The molecule has 0 aliphatic carbocycles. The van der Waals surface area contributed by atoms with Crippen molar-refractivity contribution in [2.24, 2.45) is 0 Å². The molecule has 1 unspecified atom stereocenters. The smallest absolute Gasteiger partial charge is 0.247 e. The maximum Gasteiger partial charge on any atom is 0.247 e. The summed E-state index contributed by atoms with van der Waals surface area (Å²) in [6.45, 7) is 1.87. The number of hydrogen-bond donors (Lipinski definition) is 1. The van der Waals surface area contributed by atoms with Crippen LogP contribution in [0.2, 0.25) is 5.02 Å². The average Bonchev–Trinajstić information content (AvgIpc) is 3.12. The molecule has 0 aliphatic heterocycles. The van der Waals surface area contributed by atoms with E-state index in [-0.39, 0.29) is 11.9 Å². The van der Waals surface area contributed by atoms with Gasteiger partial charge in [-0.1, -0.05) is 29.8 Å². The number of para-hydroxylation sites is 1. The van der Waals surface area contributed by atoms with Crippen molar-refractivity contribution in [1.29, 1.82) is 0 Å². The van der Waals surface area contributed by atoms with Crippen molar-refractivity contribution < 1.29 is 9.53 Å². The highest BCUT2D eigenvalue weighted by atomic mass is 35.5. The molecule has 0 aliphatic rings. The first-order chi connectivity index (χ1) is 13.6. The minimum absolute atomic E-state index is 0.0934. The van der Waals surface area contributed by atoms with Crippen LogP contribution in [0.1, 0.15) is 13.0 Å². The van der Waals surface area contributed by atoms with Crippen LogP contribution in [-0.2, 0) is 4.79 Å². The number of nitrogens with zero attached hydrogens (tertiary/aromatic N) is 1. The molecule has 0 fully saturated rings. The van der Waals surface area contributed by atoms with Crippen molar-refractivity contribution in [3.8, 4) is 11.5 Å². The van der Waals surface area contributed by atoms with Gasteiger partial charge in [0.15, 0.2) is 0 Å². The van der Waals surface area contributed by atoms with Crippen molar-refractivity contribution >= 4 is 34.1 Å². The Morgan fingerprint density at radius 3 is 2.43 bits per heavy atom. The molecule has 4 rings (SSSR count). The Balaban J connectivity index is 1.45. The van der Waals surface area contributed by atoms with Crippen LogP contribution in [0.15, 0.2) is 85.1 Å². The van der Waals surface area contributed by atoms with Gasteiger partial charge in [0.2, 0.25) is 5.91 Å². The predicted molar refractivity (Wildman–Crippen MR) is 113 cm³/mol. The van der Waals surface area contributed by atoms with Gasteiger partial charge in [-0.05, 0) is 67.6 Å². The SMILES string of the molecule is CC(C(=O)Nc1ccc(Oc2ccccc2)cc1)n1ccc2cc(Cl)ccc21. The van der Waals surface area contributed by atoms with Gasteiger partial charge in [-0.2, -0.15) is 0 Å². The van der Waals surface area contributed by atoms with Crippen LogP contribution in [0.3, 0.4) is 0 Å². The third-order valence-electron chi connectivity index (χ3n) is 4.58. The van der Waals surface area contributed by atoms with Gasteiger partial charge in [0.25, 0.3) is 0 Å². The monoisotopic (exact) mass is 390 g/mol. The summed E-state index contributed by atoms with van der Waals surface area (Å²) in [7, 11) is 0. The highest BCUT2D eigenvalue weighted by Crippen LogP contribution is 2.25. The zero-order valence-electron chi connectivity index (χ0n) is 15.3. The number of benzene rings is 3. The molecule has 28 heavy (non-hydrogen) atoms. The first-order valence-electron chi connectivity index (χ1n) is 9.00. The van der Waals surface area contributed by atoms with E-state index in [2.05, 4.69) is 5.32 Å². The van der Waals surface area contributed by atoms with Gasteiger partial charge in [-0.3, -0.25) is 4.79 Å². The van der Waals surface area contributed by atoms with Crippen molar-refractivity contribution in [3.05, 3.63) is 90.1 Å². The van der Waals surface area contributed by atoms with E-state index >= 15 is 0 Å². The van der Waals surface area contributed by atoms with Gasteiger partial charge >= 0.3 is 0 Å². The second-order valence-corrected chi connectivity index (χ2v) is 6.97. The number of carbonyl (C=O) groups excluding carboxylic acids is 1. The molecule has 140 valence electrons. The fourth-order valence-electron chi connectivity index (χ4n) is 3.08. The third kappa shape index (κ3) is 3.87. The molecule has 1 atom stereocenters. The summed E-state index contributed by atoms with van der Waals surface area (Å²) < 4.78 is 7.71. The molecule has 1 aromatic heterocycles. The molecule has 0 bridgehead atoms. The van der Waals surface area contributed by atoms with E-state index in [1.807, 2.05) is 96.6 Å². The summed E-state index contributed by atoms with van der Waals surface area (Å²) in [5.41, 5.74) is 1.69. The highest BCUT2D eigenvalue weighted by molar-refractivity contribution is 6.31. The van der Waals surface area contributed by atoms with Gasteiger partial charge in [-0.15, -0.1) is 0 Å². The molecule has 1 amide bonds. The minimum Gasteiger partial charge on any atom is -0.457 e. The largest absolute Gasteiger partial charge is 0.457 e. The van der Waals surface area contributed by atoms with Crippen LogP contribution >= 0.6 is 11.6 Å². The number of aromatic nitrogens is 1. The van der Waals surface area contributed by atoms with E-state index in [1.54, 1.807) is 0 Å². The molecule has 3 aromatic carbocycles. The van der Waals surface area contributed by atoms with Gasteiger partial charge in [0.05, 0.1) is 0 Å². The van der Waals surface area contributed by atoms with Crippen LogP contribution in [0.25, 0.3) is 10.9 Å². The van der Waals surface area contributed by atoms with E-state index in [1.165, 1.54) is 0 Å². The molecular formula is C23H19ClN2O2. The summed E-state index contributed by atoms with van der Waals surface area (Å²) >= 11 is 6.04. The lowest BCUT2D eigenvalue weighted by Gasteiger charge is -2.16. The molecule has 0 saturated heterocycles. The Hall–Kier alpha value is -3.24. The first-order valence-corrected chi connectivity index (χ1v) is 9.38. The zero-order valence-corrected chi connectivity index (χ0v) is 16.1. The molecule has 0 radical (unpaired) electrons. The normalized spacial score (nSPS) is 11.9. The maximum absolute atomic E-state index is 12.7. The second-order valence-electron chi connectivity index (χ2n) is 6.53. The topological polar surface area (TPSA) is 43.3 Å². The van der Waals surface area contributed by atoms with Gasteiger partial charge < -0.3 is 14.6 Å². The molecular weight excluding hydrogens is 372 g/mol. The van der Waals surface area contributed by atoms with Gasteiger partial charge in [0.1, 0.15) is 17.5 Å². The van der Waals surface area contributed by atoms with Gasteiger partial charge in [0, 0.05) is 27.8 Å². The summed E-state index contributed by atoms with van der Waals surface area (Å²) in [4.78, 5) is 12.7. The number of anilines is 1. The van der Waals surface area contributed by atoms with E-state index in [9.17, 15) is 4.79 Å². The average molecular weight is 391 g/mol. The zero-order chi connectivity index (χ0) is 19.5. The number of nitrogens with one attached hydrogen (secondary N) is 1. The maximum atomic E-state index is 12.7. The van der Waals surface area contributed by atoms with E-state index in [4.69, 9.17) is 16.3 Å². The van der Waals surface area contributed by atoms with Crippen molar-refractivity contribution in [2.45, 2.75) is 13.0 Å². The summed E-state index contributed by atoms with van der Waals surface area (Å²) in [6.07, 6.45) is 1.90. The number of fused-ring (bicyclic) bond motifs is 1. The van der Waals surface area contributed by atoms with E-state index < -0.39 is 0 Å². The number of rotatable bonds is 5.